The number of nitrogen functional groups attached to an aromatic ring is 1. The van der Waals surface area contributed by atoms with Gasteiger partial charge in [-0.3, -0.25) is 19.4 Å². The fraction of sp³-hybridized carbons (Fsp3) is 0.227. The molecule has 0 aliphatic carbocycles. The highest BCUT2D eigenvalue weighted by Gasteiger charge is 2.29. The molecule has 0 saturated heterocycles. The highest BCUT2D eigenvalue weighted by Crippen LogP contribution is 2.28. The Bertz CT molecular complexity index is 1280. The second-order valence-corrected chi connectivity index (χ2v) is 7.55. The molecule has 0 unspecified atom stereocenters. The maximum atomic E-state index is 13.5. The summed E-state index contributed by atoms with van der Waals surface area (Å²) in [6.07, 6.45) is 8.79. The zero-order valence-electron chi connectivity index (χ0n) is 17.4. The molecule has 0 saturated carbocycles. The van der Waals surface area contributed by atoms with Gasteiger partial charge in [-0.1, -0.05) is 18.1 Å². The minimum atomic E-state index is -1.02. The second kappa shape index (κ2) is 7.54. The third kappa shape index (κ3) is 3.36. The predicted molar refractivity (Wildman–Crippen MR) is 119 cm³/mol. The van der Waals surface area contributed by atoms with Gasteiger partial charge in [0.15, 0.2) is 0 Å². The second-order valence-electron chi connectivity index (χ2n) is 7.55. The van der Waals surface area contributed by atoms with Gasteiger partial charge in [0.05, 0.1) is 29.0 Å². The minimum absolute atomic E-state index is 0.0809. The van der Waals surface area contributed by atoms with Crippen molar-refractivity contribution in [2.75, 3.05) is 10.7 Å². The number of hydrazine groups is 1. The summed E-state index contributed by atoms with van der Waals surface area (Å²) in [5, 5.41) is 1.19. The lowest BCUT2D eigenvalue weighted by Gasteiger charge is -2.29. The van der Waals surface area contributed by atoms with Crippen LogP contribution in [0.25, 0.3) is 5.69 Å². The Kier molecular flexibility index (Phi) is 5.25. The van der Waals surface area contributed by atoms with Crippen LogP contribution < -0.4 is 27.8 Å². The predicted octanol–water partition coefficient (Wildman–Crippen LogP) is 1.97. The summed E-state index contributed by atoms with van der Waals surface area (Å²) in [4.78, 5) is 31.1. The number of nitrogens with zero attached hydrogens (tertiary/aromatic N) is 4. The number of aryl methyl sites for hydroxylation is 1. The molecule has 2 aromatic heterocycles. The molecule has 3 rings (SSSR count). The molecule has 8 heteroatoms. The Morgan fingerprint density at radius 2 is 1.83 bits per heavy atom. The Hall–Kier alpha value is -3.83. The topological polar surface area (TPSA) is 112 Å². The summed E-state index contributed by atoms with van der Waals surface area (Å²) in [5.74, 6) is 8.97. The van der Waals surface area contributed by atoms with E-state index in [1.54, 1.807) is 57.3 Å². The number of hydrogen-bond donors (Lipinski definition) is 2. The smallest absolute Gasteiger partial charge is 0.337 e. The summed E-state index contributed by atoms with van der Waals surface area (Å²) in [7, 11) is 0. The highest BCUT2D eigenvalue weighted by molar-refractivity contribution is 5.74. The molecule has 4 N–H and O–H groups in total. The Balaban J connectivity index is 2.47. The molecule has 30 heavy (non-hydrogen) atoms. The first-order chi connectivity index (χ1) is 14.1. The maximum Gasteiger partial charge on any atom is 0.337 e. The first kappa shape index (κ1) is 20.9. The van der Waals surface area contributed by atoms with Crippen molar-refractivity contribution in [2.45, 2.75) is 33.2 Å². The molecule has 0 amide bonds. The number of anilines is 3. The molecular weight excluding hydrogens is 380 g/mol. The standard InChI is InChI=1S/C22H24N6O2/c1-6-22(4,5)27-15(3)19(28(24)18-10-8-7-9-17(18)23)20(29)26(21(27)30)16-11-14(2)12-25-13-16/h1,7-13H,23-24H2,2-5H3. The first-order valence-corrected chi connectivity index (χ1v) is 9.28. The molecule has 3 aromatic rings. The van der Waals surface area contributed by atoms with E-state index < -0.39 is 16.8 Å². The van der Waals surface area contributed by atoms with Gasteiger partial charge in [0.2, 0.25) is 0 Å². The van der Waals surface area contributed by atoms with Gasteiger partial charge in [-0.25, -0.2) is 15.2 Å². The van der Waals surface area contributed by atoms with Crippen LogP contribution in [0, 0.1) is 26.2 Å². The van der Waals surface area contributed by atoms with E-state index in [-0.39, 0.29) is 5.69 Å². The fourth-order valence-corrected chi connectivity index (χ4v) is 3.41. The summed E-state index contributed by atoms with van der Waals surface area (Å²) < 4.78 is 2.41. The molecule has 8 nitrogen and oxygen atoms in total. The molecular formula is C22H24N6O2. The number of pyridine rings is 1. The van der Waals surface area contributed by atoms with Crippen molar-refractivity contribution < 1.29 is 0 Å². The lowest BCUT2D eigenvalue weighted by Crippen LogP contribution is -2.49. The van der Waals surface area contributed by atoms with Gasteiger partial charge in [-0.2, -0.15) is 0 Å². The molecule has 154 valence electrons. The maximum absolute atomic E-state index is 13.5. The van der Waals surface area contributed by atoms with Crippen LogP contribution in [0.3, 0.4) is 0 Å². The van der Waals surface area contributed by atoms with Crippen molar-refractivity contribution in [1.82, 2.24) is 14.1 Å². The number of aromatic nitrogens is 3. The minimum Gasteiger partial charge on any atom is -0.397 e. The third-order valence-electron chi connectivity index (χ3n) is 4.93. The van der Waals surface area contributed by atoms with Gasteiger partial charge in [-0.05, 0) is 51.5 Å². The molecule has 0 atom stereocenters. The zero-order chi connectivity index (χ0) is 22.2. The van der Waals surface area contributed by atoms with E-state index >= 15 is 0 Å². The number of hydrogen-bond acceptors (Lipinski definition) is 6. The molecule has 0 radical (unpaired) electrons. The molecule has 0 fully saturated rings. The molecule has 1 aromatic carbocycles. The van der Waals surface area contributed by atoms with E-state index in [1.807, 2.05) is 6.92 Å². The average Bonchev–Trinajstić information content (AvgIpc) is 2.68. The quantitative estimate of drug-likeness (QED) is 0.298. The first-order valence-electron chi connectivity index (χ1n) is 9.28. The molecule has 0 bridgehead atoms. The van der Waals surface area contributed by atoms with Crippen molar-refractivity contribution in [3.05, 3.63) is 74.8 Å². The van der Waals surface area contributed by atoms with E-state index in [4.69, 9.17) is 18.0 Å². The highest BCUT2D eigenvalue weighted by atomic mass is 16.2. The number of rotatable bonds is 4. The van der Waals surface area contributed by atoms with Crippen molar-refractivity contribution in [2.24, 2.45) is 5.84 Å². The van der Waals surface area contributed by atoms with Crippen molar-refractivity contribution in [1.29, 1.82) is 0 Å². The van der Waals surface area contributed by atoms with Gasteiger partial charge in [-0.15, -0.1) is 6.42 Å². The fourth-order valence-electron chi connectivity index (χ4n) is 3.41. The zero-order valence-corrected chi connectivity index (χ0v) is 17.4. The van der Waals surface area contributed by atoms with Crippen molar-refractivity contribution in [3.63, 3.8) is 0 Å². The van der Waals surface area contributed by atoms with Crippen molar-refractivity contribution in [3.8, 4) is 18.0 Å². The average molecular weight is 404 g/mol. The summed E-state index contributed by atoms with van der Waals surface area (Å²) in [6, 6.07) is 8.58. The van der Waals surface area contributed by atoms with Gasteiger partial charge in [0, 0.05) is 6.20 Å². The van der Waals surface area contributed by atoms with Crippen LogP contribution >= 0.6 is 0 Å². The SMILES string of the molecule is C#CC(C)(C)n1c(C)c(N(N)c2ccccc2N)c(=O)n(-c2cncc(C)c2)c1=O. The van der Waals surface area contributed by atoms with Gasteiger partial charge in [0.25, 0.3) is 5.56 Å². The van der Waals surface area contributed by atoms with E-state index in [2.05, 4.69) is 10.9 Å². The summed E-state index contributed by atoms with van der Waals surface area (Å²) in [5.41, 5.74) is 6.20. The van der Waals surface area contributed by atoms with Crippen LogP contribution in [-0.2, 0) is 5.54 Å². The van der Waals surface area contributed by atoms with E-state index in [9.17, 15) is 9.59 Å². The lowest BCUT2D eigenvalue weighted by molar-refractivity contribution is 0.430. The molecule has 0 aliphatic heterocycles. The Labute approximate surface area is 174 Å². The Morgan fingerprint density at radius 3 is 2.43 bits per heavy atom. The third-order valence-corrected chi connectivity index (χ3v) is 4.93. The van der Waals surface area contributed by atoms with Gasteiger partial charge < -0.3 is 5.73 Å². The monoisotopic (exact) mass is 404 g/mol. The van der Waals surface area contributed by atoms with E-state index in [0.29, 0.717) is 22.8 Å². The van der Waals surface area contributed by atoms with Gasteiger partial charge in [0.1, 0.15) is 11.2 Å². The normalized spacial score (nSPS) is 11.2. The number of benzene rings is 1. The summed E-state index contributed by atoms with van der Waals surface area (Å²) in [6.45, 7) is 6.88. The van der Waals surface area contributed by atoms with E-state index in [1.165, 1.54) is 15.8 Å². The Morgan fingerprint density at radius 1 is 1.17 bits per heavy atom. The van der Waals surface area contributed by atoms with Gasteiger partial charge >= 0.3 is 5.69 Å². The van der Waals surface area contributed by atoms with Crippen LogP contribution in [0.1, 0.15) is 25.1 Å². The van der Waals surface area contributed by atoms with Crippen LogP contribution in [0.4, 0.5) is 17.1 Å². The molecule has 0 spiro atoms. The molecule has 2 heterocycles. The van der Waals surface area contributed by atoms with Crippen molar-refractivity contribution >= 4 is 17.1 Å². The van der Waals surface area contributed by atoms with Crippen LogP contribution in [0.2, 0.25) is 0 Å². The summed E-state index contributed by atoms with van der Waals surface area (Å²) >= 11 is 0. The van der Waals surface area contributed by atoms with Crippen LogP contribution in [0.15, 0.2) is 52.3 Å². The number of nitrogens with two attached hydrogens (primary N) is 2. The molecule has 0 aliphatic rings. The van der Waals surface area contributed by atoms with Crippen LogP contribution in [0.5, 0.6) is 0 Å². The largest absolute Gasteiger partial charge is 0.397 e. The van der Waals surface area contributed by atoms with Crippen LogP contribution in [-0.4, -0.2) is 14.1 Å². The number of para-hydroxylation sites is 2. The number of terminal acetylenes is 1. The van der Waals surface area contributed by atoms with E-state index in [0.717, 1.165) is 10.1 Å². The lowest BCUT2D eigenvalue weighted by atomic mass is 10.1.